The molecule has 2 aromatic carbocycles. The summed E-state index contributed by atoms with van der Waals surface area (Å²) in [4.78, 5) is 0. The van der Waals surface area contributed by atoms with Gasteiger partial charge in [0.2, 0.25) is 0 Å². The molecule has 3 heteroatoms. The van der Waals surface area contributed by atoms with Crippen molar-refractivity contribution in [3.8, 4) is 0 Å². The van der Waals surface area contributed by atoms with Crippen LogP contribution in [-0.4, -0.2) is 21.8 Å². The number of hydrogen-bond donors (Lipinski definition) is 0. The molecule has 1 saturated carbocycles. The Bertz CT molecular complexity index is 758. The van der Waals surface area contributed by atoms with E-state index in [1.54, 1.807) is 0 Å². The van der Waals surface area contributed by atoms with Gasteiger partial charge in [0, 0.05) is 6.61 Å². The van der Waals surface area contributed by atoms with Gasteiger partial charge in [0.15, 0.2) is 0 Å². The molecule has 142 valence electrons. The summed E-state index contributed by atoms with van der Waals surface area (Å²) in [6.45, 7) is 8.22. The Kier molecular flexibility index (Phi) is 5.10. The van der Waals surface area contributed by atoms with Crippen LogP contribution in [0.3, 0.4) is 0 Å². The van der Waals surface area contributed by atoms with Gasteiger partial charge in [0.05, 0.1) is 6.61 Å². The van der Waals surface area contributed by atoms with Crippen LogP contribution >= 0.6 is 0 Å². The quantitative estimate of drug-likeness (QED) is 0.529. The summed E-state index contributed by atoms with van der Waals surface area (Å²) < 4.78 is 13.3. The van der Waals surface area contributed by atoms with Crippen LogP contribution in [0.1, 0.15) is 33.6 Å². The van der Waals surface area contributed by atoms with Gasteiger partial charge >= 0.3 is 8.56 Å². The highest BCUT2D eigenvalue weighted by molar-refractivity contribution is 6.92. The molecule has 0 aromatic heterocycles. The van der Waals surface area contributed by atoms with E-state index in [4.69, 9.17) is 8.85 Å². The predicted molar refractivity (Wildman–Crippen MR) is 114 cm³/mol. The van der Waals surface area contributed by atoms with Crippen LogP contribution in [0.5, 0.6) is 0 Å². The Morgan fingerprint density at radius 2 is 1.52 bits per heavy atom. The maximum Gasteiger partial charge on any atom is 0.407 e. The van der Waals surface area contributed by atoms with Crippen molar-refractivity contribution in [1.82, 2.24) is 0 Å². The molecule has 0 heterocycles. The van der Waals surface area contributed by atoms with Gasteiger partial charge in [-0.25, -0.2) is 0 Å². The molecule has 3 aliphatic carbocycles. The van der Waals surface area contributed by atoms with E-state index >= 15 is 0 Å². The predicted octanol–water partition coefficient (Wildman–Crippen LogP) is 4.29. The normalized spacial score (nSPS) is 23.4. The summed E-state index contributed by atoms with van der Waals surface area (Å²) in [5.74, 6) is 1.51. The molecule has 1 fully saturated rings. The fraction of sp³-hybridized carbons (Fsp3) is 0.417. The minimum absolute atomic E-state index is 0.419. The number of hydrogen-bond acceptors (Lipinski definition) is 2. The van der Waals surface area contributed by atoms with Crippen molar-refractivity contribution in [2.75, 3.05) is 13.2 Å². The lowest BCUT2D eigenvalue weighted by Gasteiger charge is -2.56. The van der Waals surface area contributed by atoms with E-state index in [-0.39, 0.29) is 0 Å². The Hall–Kier alpha value is -1.68. The van der Waals surface area contributed by atoms with E-state index in [2.05, 4.69) is 87.5 Å². The molecule has 0 spiro atoms. The van der Waals surface area contributed by atoms with Gasteiger partial charge in [-0.15, -0.1) is 0 Å². The monoisotopic (exact) mass is 378 g/mol. The second-order valence-electron chi connectivity index (χ2n) is 8.39. The first-order valence-corrected chi connectivity index (χ1v) is 12.0. The van der Waals surface area contributed by atoms with Gasteiger partial charge in [0.25, 0.3) is 0 Å². The van der Waals surface area contributed by atoms with Crippen LogP contribution in [-0.2, 0) is 8.85 Å². The Balaban J connectivity index is 1.67. The number of rotatable bonds is 7. The molecule has 0 N–H and O–H groups in total. The lowest BCUT2D eigenvalue weighted by molar-refractivity contribution is -0.0126. The molecular formula is C24H30O2Si. The van der Waals surface area contributed by atoms with Crippen molar-refractivity contribution in [2.45, 2.75) is 33.6 Å². The molecular weight excluding hydrogens is 348 g/mol. The molecule has 5 rings (SSSR count). The van der Waals surface area contributed by atoms with E-state index in [0.29, 0.717) is 24.5 Å². The SMILES string of the molecule is CCO[Si](OCC1=CCC2CC1C2(C)C)(c1ccccc1)c1ccccc1. The molecule has 2 atom stereocenters. The third-order valence-electron chi connectivity index (χ3n) is 6.68. The second-order valence-corrected chi connectivity index (χ2v) is 11.4. The van der Waals surface area contributed by atoms with Crippen LogP contribution in [0.15, 0.2) is 72.3 Å². The Morgan fingerprint density at radius 1 is 0.926 bits per heavy atom. The molecule has 2 bridgehead atoms. The molecule has 0 amide bonds. The molecule has 0 radical (unpaired) electrons. The van der Waals surface area contributed by atoms with E-state index in [1.807, 2.05) is 0 Å². The van der Waals surface area contributed by atoms with Crippen molar-refractivity contribution >= 4 is 18.9 Å². The van der Waals surface area contributed by atoms with Crippen molar-refractivity contribution in [1.29, 1.82) is 0 Å². The van der Waals surface area contributed by atoms with Crippen molar-refractivity contribution < 1.29 is 8.85 Å². The third-order valence-corrected chi connectivity index (χ3v) is 10.1. The molecule has 3 aliphatic rings. The van der Waals surface area contributed by atoms with Gasteiger partial charge < -0.3 is 8.85 Å². The highest BCUT2D eigenvalue weighted by Crippen LogP contribution is 2.59. The van der Waals surface area contributed by atoms with E-state index in [9.17, 15) is 0 Å². The van der Waals surface area contributed by atoms with Crippen LogP contribution in [0.2, 0.25) is 0 Å². The second kappa shape index (κ2) is 7.38. The number of benzene rings is 2. The zero-order valence-corrected chi connectivity index (χ0v) is 17.7. The van der Waals surface area contributed by atoms with Crippen molar-refractivity contribution in [2.24, 2.45) is 17.3 Å². The Labute approximate surface area is 164 Å². The van der Waals surface area contributed by atoms with Crippen molar-refractivity contribution in [3.05, 3.63) is 72.3 Å². The third kappa shape index (κ3) is 3.22. The summed E-state index contributed by atoms with van der Waals surface area (Å²) in [7, 11) is -2.73. The van der Waals surface area contributed by atoms with Crippen LogP contribution in [0, 0.1) is 17.3 Å². The van der Waals surface area contributed by atoms with Gasteiger partial charge in [0.1, 0.15) is 0 Å². The topological polar surface area (TPSA) is 18.5 Å². The first-order chi connectivity index (χ1) is 13.1. The average Bonchev–Trinajstić information content (AvgIpc) is 2.72. The summed E-state index contributed by atoms with van der Waals surface area (Å²) in [5.41, 5.74) is 1.90. The maximum atomic E-state index is 6.82. The van der Waals surface area contributed by atoms with E-state index in [0.717, 1.165) is 5.92 Å². The lowest BCUT2D eigenvalue weighted by atomic mass is 9.49. The smallest absolute Gasteiger partial charge is 0.388 e. The first kappa shape index (κ1) is 18.7. The van der Waals surface area contributed by atoms with E-state index < -0.39 is 8.56 Å². The van der Waals surface area contributed by atoms with Crippen molar-refractivity contribution in [3.63, 3.8) is 0 Å². The van der Waals surface area contributed by atoms with Crippen LogP contribution < -0.4 is 10.4 Å². The average molecular weight is 379 g/mol. The molecule has 2 nitrogen and oxygen atoms in total. The van der Waals surface area contributed by atoms with Gasteiger partial charge in [-0.05, 0) is 53.0 Å². The van der Waals surface area contributed by atoms with Crippen LogP contribution in [0.4, 0.5) is 0 Å². The van der Waals surface area contributed by atoms with Gasteiger partial charge in [-0.1, -0.05) is 80.6 Å². The molecule has 27 heavy (non-hydrogen) atoms. The minimum atomic E-state index is -2.73. The summed E-state index contributed by atoms with van der Waals surface area (Å²) in [6.07, 6.45) is 4.95. The van der Waals surface area contributed by atoms with Gasteiger partial charge in [-0.3, -0.25) is 0 Å². The highest BCUT2D eigenvalue weighted by Gasteiger charge is 2.52. The summed E-state index contributed by atoms with van der Waals surface area (Å²) in [6, 6.07) is 21.1. The fourth-order valence-electron chi connectivity index (χ4n) is 4.89. The standard InChI is InChI=1S/C24H30O2Si/c1-4-25-27(21-11-7-5-8-12-21,22-13-9-6-10-14-22)26-18-19-15-16-20-17-23(19)24(20,2)3/h5-15,20,23H,4,16-18H2,1-3H3. The molecule has 2 aromatic rings. The molecule has 0 saturated heterocycles. The van der Waals surface area contributed by atoms with Crippen LogP contribution in [0.25, 0.3) is 0 Å². The largest absolute Gasteiger partial charge is 0.407 e. The maximum absolute atomic E-state index is 6.82. The van der Waals surface area contributed by atoms with E-state index in [1.165, 1.54) is 28.8 Å². The minimum Gasteiger partial charge on any atom is -0.388 e. The summed E-state index contributed by atoms with van der Waals surface area (Å²) in [5, 5.41) is 2.36. The fourth-order valence-corrected chi connectivity index (χ4v) is 8.01. The zero-order valence-electron chi connectivity index (χ0n) is 16.7. The molecule has 0 aliphatic heterocycles. The van der Waals surface area contributed by atoms with Gasteiger partial charge in [-0.2, -0.15) is 0 Å². The molecule has 2 unspecified atom stereocenters. The Morgan fingerprint density at radius 3 is 2.00 bits per heavy atom. The zero-order chi connectivity index (χ0) is 18.9. The number of fused-ring (bicyclic) bond motifs is 1. The first-order valence-electron chi connectivity index (χ1n) is 10.2. The number of allylic oxidation sites excluding steroid dienone is 1. The lowest BCUT2D eigenvalue weighted by Crippen LogP contribution is -2.64. The highest BCUT2D eigenvalue weighted by atomic mass is 28.4. The summed E-state index contributed by atoms with van der Waals surface area (Å²) >= 11 is 0.